The lowest BCUT2D eigenvalue weighted by atomic mass is 9.95. The summed E-state index contributed by atoms with van der Waals surface area (Å²) in [6.45, 7) is 10.3. The van der Waals surface area contributed by atoms with E-state index in [1.165, 1.54) is 0 Å². The summed E-state index contributed by atoms with van der Waals surface area (Å²) in [7, 11) is 0. The molecule has 0 radical (unpaired) electrons. The molecular weight excluding hydrogens is 330 g/mol. The van der Waals surface area contributed by atoms with Crippen LogP contribution >= 0.6 is 0 Å². The fraction of sp³-hybridized carbons (Fsp3) is 0.650. The van der Waals surface area contributed by atoms with Crippen LogP contribution in [0, 0.1) is 0 Å². The van der Waals surface area contributed by atoms with Crippen LogP contribution in [0.25, 0.3) is 0 Å². The Hall–Kier alpha value is -2.11. The third kappa shape index (κ3) is 4.74. The van der Waals surface area contributed by atoms with Gasteiger partial charge in [-0.1, -0.05) is 13.0 Å². The number of pyridine rings is 1. The van der Waals surface area contributed by atoms with Crippen molar-refractivity contribution in [1.29, 1.82) is 0 Å². The standard InChI is InChI=1S/C20H31N3O3/c1-6-15(2)23(19(25)26-20(3,4)5)18-16(10-9-12-21-18)17-11-7-8-13-22(17)14-24/h9-10,12,14-15,17H,6-8,11,13H2,1-5H3. The van der Waals surface area contributed by atoms with Crippen LogP contribution in [0.15, 0.2) is 18.3 Å². The van der Waals surface area contributed by atoms with Gasteiger partial charge in [0.05, 0.1) is 6.04 Å². The lowest BCUT2D eigenvalue weighted by Gasteiger charge is -2.37. The highest BCUT2D eigenvalue weighted by atomic mass is 16.6. The molecule has 0 bridgehead atoms. The summed E-state index contributed by atoms with van der Waals surface area (Å²) in [4.78, 5) is 32.4. The molecule has 0 aromatic carbocycles. The van der Waals surface area contributed by atoms with Crippen LogP contribution in [0.5, 0.6) is 0 Å². The van der Waals surface area contributed by atoms with Gasteiger partial charge in [0.25, 0.3) is 0 Å². The number of likely N-dealkylation sites (tertiary alicyclic amines) is 1. The maximum atomic E-state index is 12.9. The lowest BCUT2D eigenvalue weighted by molar-refractivity contribution is -0.121. The first-order chi connectivity index (χ1) is 12.3. The number of anilines is 1. The number of hydrogen-bond acceptors (Lipinski definition) is 4. The molecule has 2 heterocycles. The van der Waals surface area contributed by atoms with Gasteiger partial charge in [-0.15, -0.1) is 0 Å². The molecule has 1 saturated heterocycles. The molecule has 0 spiro atoms. The molecule has 6 nitrogen and oxygen atoms in total. The van der Waals surface area contributed by atoms with Gasteiger partial charge >= 0.3 is 6.09 Å². The van der Waals surface area contributed by atoms with Crippen LogP contribution in [0.4, 0.5) is 10.6 Å². The molecule has 1 fully saturated rings. The van der Waals surface area contributed by atoms with Crippen molar-refractivity contribution in [2.24, 2.45) is 0 Å². The Labute approximate surface area is 156 Å². The quantitative estimate of drug-likeness (QED) is 0.733. The van der Waals surface area contributed by atoms with E-state index in [2.05, 4.69) is 4.98 Å². The highest BCUT2D eigenvalue weighted by Gasteiger charge is 2.33. The van der Waals surface area contributed by atoms with Crippen molar-refractivity contribution >= 4 is 18.3 Å². The second-order valence-electron chi connectivity index (χ2n) is 7.88. The van der Waals surface area contributed by atoms with Gasteiger partial charge in [0.2, 0.25) is 6.41 Å². The molecule has 2 amide bonds. The third-order valence-corrected chi connectivity index (χ3v) is 4.71. The molecule has 1 aliphatic heterocycles. The zero-order chi connectivity index (χ0) is 19.3. The normalized spacial score (nSPS) is 19.0. The van der Waals surface area contributed by atoms with Gasteiger partial charge in [0, 0.05) is 24.3 Å². The SMILES string of the molecule is CCC(C)N(C(=O)OC(C)(C)C)c1ncccc1C1CCCCN1C=O. The predicted molar refractivity (Wildman–Crippen MR) is 102 cm³/mol. The average Bonchev–Trinajstić information content (AvgIpc) is 2.60. The van der Waals surface area contributed by atoms with Gasteiger partial charge in [0.15, 0.2) is 0 Å². The Morgan fingerprint density at radius 2 is 2.19 bits per heavy atom. The molecule has 0 aliphatic carbocycles. The van der Waals surface area contributed by atoms with E-state index in [1.54, 1.807) is 11.1 Å². The summed E-state index contributed by atoms with van der Waals surface area (Å²) in [6.07, 6.45) is 5.90. The van der Waals surface area contributed by atoms with E-state index >= 15 is 0 Å². The van der Waals surface area contributed by atoms with E-state index < -0.39 is 11.7 Å². The van der Waals surface area contributed by atoms with Crippen molar-refractivity contribution in [2.45, 2.75) is 78.0 Å². The number of carbonyl (C=O) groups excluding carboxylic acids is 2. The molecule has 2 rings (SSSR count). The van der Waals surface area contributed by atoms with Crippen molar-refractivity contribution in [2.75, 3.05) is 11.4 Å². The number of aromatic nitrogens is 1. The van der Waals surface area contributed by atoms with Gasteiger partial charge in [-0.2, -0.15) is 0 Å². The molecule has 26 heavy (non-hydrogen) atoms. The van der Waals surface area contributed by atoms with Crippen LogP contribution < -0.4 is 4.90 Å². The lowest BCUT2D eigenvalue weighted by Crippen LogP contribution is -2.44. The predicted octanol–water partition coefficient (Wildman–Crippen LogP) is 4.31. The molecule has 2 atom stereocenters. The van der Waals surface area contributed by atoms with Crippen LogP contribution in [0.2, 0.25) is 0 Å². The summed E-state index contributed by atoms with van der Waals surface area (Å²) in [5.41, 5.74) is 0.322. The van der Waals surface area contributed by atoms with Crippen molar-refractivity contribution in [3.8, 4) is 0 Å². The van der Waals surface area contributed by atoms with Crippen molar-refractivity contribution in [3.63, 3.8) is 0 Å². The summed E-state index contributed by atoms with van der Waals surface area (Å²) in [5.74, 6) is 0.592. The molecule has 0 N–H and O–H groups in total. The molecule has 1 aromatic rings. The minimum absolute atomic E-state index is 0.0565. The third-order valence-electron chi connectivity index (χ3n) is 4.71. The van der Waals surface area contributed by atoms with Gasteiger partial charge in [0.1, 0.15) is 11.4 Å². The first-order valence-electron chi connectivity index (χ1n) is 9.46. The first kappa shape index (κ1) is 20.2. The summed E-state index contributed by atoms with van der Waals surface area (Å²) in [6, 6.07) is 3.71. The van der Waals surface area contributed by atoms with Gasteiger partial charge in [-0.05, 0) is 59.4 Å². The van der Waals surface area contributed by atoms with E-state index in [4.69, 9.17) is 4.74 Å². The summed E-state index contributed by atoms with van der Waals surface area (Å²) >= 11 is 0. The van der Waals surface area contributed by atoms with Crippen LogP contribution in [-0.4, -0.2) is 40.6 Å². The van der Waals surface area contributed by atoms with Crippen molar-refractivity contribution in [3.05, 3.63) is 23.9 Å². The number of amides is 2. The summed E-state index contributed by atoms with van der Waals surface area (Å²) in [5, 5.41) is 0. The van der Waals surface area contributed by atoms with E-state index in [0.29, 0.717) is 5.82 Å². The number of hydrogen-bond donors (Lipinski definition) is 0. The number of rotatable bonds is 5. The molecule has 0 saturated carbocycles. The molecule has 6 heteroatoms. The molecular formula is C20H31N3O3. The Morgan fingerprint density at radius 3 is 2.81 bits per heavy atom. The van der Waals surface area contributed by atoms with Crippen molar-refractivity contribution in [1.82, 2.24) is 9.88 Å². The highest BCUT2D eigenvalue weighted by Crippen LogP contribution is 2.36. The number of carbonyl (C=O) groups is 2. The Bertz CT molecular complexity index is 627. The fourth-order valence-corrected chi connectivity index (χ4v) is 3.25. The van der Waals surface area contributed by atoms with Gasteiger partial charge in [-0.25, -0.2) is 9.78 Å². The molecule has 2 unspecified atom stereocenters. The molecule has 1 aliphatic rings. The smallest absolute Gasteiger partial charge is 0.416 e. The van der Waals surface area contributed by atoms with Crippen LogP contribution in [0.3, 0.4) is 0 Å². The Kier molecular flexibility index (Phi) is 6.62. The van der Waals surface area contributed by atoms with E-state index in [9.17, 15) is 9.59 Å². The Balaban J connectivity index is 2.45. The monoisotopic (exact) mass is 361 g/mol. The van der Waals surface area contributed by atoms with Crippen molar-refractivity contribution < 1.29 is 14.3 Å². The van der Waals surface area contributed by atoms with E-state index in [-0.39, 0.29) is 12.1 Å². The number of ether oxygens (including phenoxy) is 1. The fourth-order valence-electron chi connectivity index (χ4n) is 3.25. The minimum atomic E-state index is -0.586. The summed E-state index contributed by atoms with van der Waals surface area (Å²) < 4.78 is 5.64. The zero-order valence-corrected chi connectivity index (χ0v) is 16.6. The molecule has 1 aromatic heterocycles. The minimum Gasteiger partial charge on any atom is -0.443 e. The highest BCUT2D eigenvalue weighted by molar-refractivity contribution is 5.88. The second-order valence-corrected chi connectivity index (χ2v) is 7.88. The first-order valence-corrected chi connectivity index (χ1v) is 9.46. The molecule has 144 valence electrons. The van der Waals surface area contributed by atoms with Gasteiger partial charge < -0.3 is 9.64 Å². The average molecular weight is 361 g/mol. The topological polar surface area (TPSA) is 62.7 Å². The maximum Gasteiger partial charge on any atom is 0.416 e. The number of piperidine rings is 1. The second kappa shape index (κ2) is 8.52. The maximum absolute atomic E-state index is 12.9. The largest absolute Gasteiger partial charge is 0.443 e. The van der Waals surface area contributed by atoms with Crippen LogP contribution in [0.1, 0.15) is 71.9 Å². The number of nitrogens with zero attached hydrogens (tertiary/aromatic N) is 3. The van der Waals surface area contributed by atoms with Gasteiger partial charge in [-0.3, -0.25) is 9.69 Å². The van der Waals surface area contributed by atoms with E-state index in [0.717, 1.165) is 44.2 Å². The van der Waals surface area contributed by atoms with E-state index in [1.807, 2.05) is 51.7 Å². The Morgan fingerprint density at radius 1 is 1.46 bits per heavy atom. The zero-order valence-electron chi connectivity index (χ0n) is 16.6. The van der Waals surface area contributed by atoms with Crippen LogP contribution in [-0.2, 0) is 9.53 Å².